The number of hydrogen-bond acceptors (Lipinski definition) is 7. The number of aliphatic imine (C=N–C) groups is 1. The van der Waals surface area contributed by atoms with Crippen LogP contribution in [0.25, 0.3) is 0 Å². The second-order valence-corrected chi connectivity index (χ2v) is 10.6. The molecule has 2 aromatic rings. The molecule has 1 fully saturated rings. The fraction of sp³-hybridized carbons (Fsp3) is 0.500. The fourth-order valence-electron chi connectivity index (χ4n) is 4.63. The summed E-state index contributed by atoms with van der Waals surface area (Å²) < 4.78 is 11.5. The van der Waals surface area contributed by atoms with E-state index in [-0.39, 0.29) is 11.9 Å². The van der Waals surface area contributed by atoms with Gasteiger partial charge >= 0.3 is 6.09 Å². The molecule has 2 aliphatic heterocycles. The normalized spacial score (nSPS) is 17.3. The van der Waals surface area contributed by atoms with E-state index in [1.807, 2.05) is 63.9 Å². The van der Waals surface area contributed by atoms with Crippen molar-refractivity contribution in [3.8, 4) is 0 Å². The standard InChI is InChI=1S/C28H37N5O4/c1-19-21-18-36-26(30-23(21)10-9-22(19)31-27(35)37-28(2,3)4)33-16-7-6-8-24(33)25(34)32(5)17-13-20-11-14-29-15-12-20/h9-12,14-15,24H,6-8,13,16-18H2,1-5H3,(H,31,35)/t24-/m0/s1. The minimum atomic E-state index is -0.579. The van der Waals surface area contributed by atoms with Crippen LogP contribution in [0.1, 0.15) is 56.7 Å². The summed E-state index contributed by atoms with van der Waals surface area (Å²) in [6.45, 7) is 9.09. The minimum Gasteiger partial charge on any atom is -0.460 e. The van der Waals surface area contributed by atoms with Gasteiger partial charge in [0.2, 0.25) is 5.91 Å². The number of benzene rings is 1. The third-order valence-electron chi connectivity index (χ3n) is 6.67. The van der Waals surface area contributed by atoms with Gasteiger partial charge in [0.1, 0.15) is 18.2 Å². The first kappa shape index (κ1) is 26.4. The molecule has 0 aliphatic carbocycles. The average molecular weight is 508 g/mol. The molecular weight excluding hydrogens is 470 g/mol. The predicted octanol–water partition coefficient (Wildman–Crippen LogP) is 4.81. The highest BCUT2D eigenvalue weighted by atomic mass is 16.6. The van der Waals surface area contributed by atoms with Crippen molar-refractivity contribution in [1.82, 2.24) is 14.8 Å². The van der Waals surface area contributed by atoms with Crippen LogP contribution < -0.4 is 5.32 Å². The van der Waals surface area contributed by atoms with Gasteiger partial charge in [-0.1, -0.05) is 0 Å². The number of likely N-dealkylation sites (tertiary alicyclic amines) is 1. The number of rotatable bonds is 5. The van der Waals surface area contributed by atoms with Gasteiger partial charge in [0, 0.05) is 43.8 Å². The van der Waals surface area contributed by atoms with Gasteiger partial charge in [-0.05, 0) is 88.8 Å². The van der Waals surface area contributed by atoms with E-state index in [1.165, 1.54) is 0 Å². The molecule has 1 N–H and O–H groups in total. The molecule has 9 heteroatoms. The first-order valence-corrected chi connectivity index (χ1v) is 12.9. The highest BCUT2D eigenvalue weighted by Gasteiger charge is 2.35. The van der Waals surface area contributed by atoms with Crippen molar-refractivity contribution in [2.45, 2.75) is 71.6 Å². The summed E-state index contributed by atoms with van der Waals surface area (Å²) >= 11 is 0. The Hall–Kier alpha value is -3.62. The Labute approximate surface area is 218 Å². The van der Waals surface area contributed by atoms with E-state index >= 15 is 0 Å². The van der Waals surface area contributed by atoms with E-state index in [9.17, 15) is 9.59 Å². The van der Waals surface area contributed by atoms with E-state index in [1.54, 1.807) is 17.3 Å². The largest absolute Gasteiger partial charge is 0.460 e. The summed E-state index contributed by atoms with van der Waals surface area (Å²) in [5.41, 5.74) is 3.82. The molecule has 1 aromatic carbocycles. The van der Waals surface area contributed by atoms with Crippen molar-refractivity contribution >= 4 is 29.4 Å². The van der Waals surface area contributed by atoms with Crippen LogP contribution in [-0.4, -0.2) is 64.6 Å². The average Bonchev–Trinajstić information content (AvgIpc) is 2.88. The van der Waals surface area contributed by atoms with Crippen molar-refractivity contribution in [3.63, 3.8) is 0 Å². The van der Waals surface area contributed by atoms with Crippen LogP contribution in [-0.2, 0) is 27.3 Å². The molecule has 1 saturated heterocycles. The lowest BCUT2D eigenvalue weighted by Crippen LogP contribution is -2.53. The molecule has 0 radical (unpaired) electrons. The molecule has 4 rings (SSSR count). The first-order chi connectivity index (χ1) is 17.6. The number of carbonyl (C=O) groups is 2. The van der Waals surface area contributed by atoms with Gasteiger partial charge in [-0.2, -0.15) is 4.99 Å². The zero-order chi connectivity index (χ0) is 26.6. The number of likely N-dealkylation sites (N-methyl/N-ethyl adjacent to an activating group) is 1. The highest BCUT2D eigenvalue weighted by Crippen LogP contribution is 2.34. The van der Waals surface area contributed by atoms with E-state index in [0.29, 0.717) is 24.9 Å². The predicted molar refractivity (Wildman–Crippen MR) is 143 cm³/mol. The number of fused-ring (bicyclic) bond motifs is 1. The minimum absolute atomic E-state index is 0.0824. The third kappa shape index (κ3) is 6.58. The second kappa shape index (κ2) is 11.2. The molecule has 2 aliphatic rings. The summed E-state index contributed by atoms with van der Waals surface area (Å²) in [7, 11) is 1.86. The number of pyridine rings is 1. The van der Waals surface area contributed by atoms with Gasteiger partial charge in [-0.25, -0.2) is 4.79 Å². The van der Waals surface area contributed by atoms with Gasteiger partial charge in [0.25, 0.3) is 6.02 Å². The molecule has 0 saturated carbocycles. The molecule has 198 valence electrons. The maximum absolute atomic E-state index is 13.4. The summed E-state index contributed by atoms with van der Waals surface area (Å²) in [5, 5.41) is 2.82. The lowest BCUT2D eigenvalue weighted by molar-refractivity contribution is -0.135. The number of amides is 2. The monoisotopic (exact) mass is 507 g/mol. The van der Waals surface area contributed by atoms with Crippen LogP contribution in [0.3, 0.4) is 0 Å². The maximum atomic E-state index is 13.4. The van der Waals surface area contributed by atoms with E-state index in [4.69, 9.17) is 14.5 Å². The molecule has 0 spiro atoms. The fourth-order valence-corrected chi connectivity index (χ4v) is 4.63. The lowest BCUT2D eigenvalue weighted by Gasteiger charge is -2.39. The van der Waals surface area contributed by atoms with E-state index < -0.39 is 11.7 Å². The Morgan fingerprint density at radius 2 is 1.95 bits per heavy atom. The Morgan fingerprint density at radius 1 is 1.19 bits per heavy atom. The Balaban J connectivity index is 1.47. The van der Waals surface area contributed by atoms with Crippen LogP contribution in [0.15, 0.2) is 41.7 Å². The highest BCUT2D eigenvalue weighted by molar-refractivity contribution is 5.90. The molecule has 2 amide bonds. The third-order valence-corrected chi connectivity index (χ3v) is 6.67. The quantitative estimate of drug-likeness (QED) is 0.624. The number of nitrogens with zero attached hydrogens (tertiary/aromatic N) is 4. The molecular formula is C28H37N5O4. The lowest BCUT2D eigenvalue weighted by atomic mass is 10.0. The van der Waals surface area contributed by atoms with Gasteiger partial charge in [-0.3, -0.25) is 15.1 Å². The van der Waals surface area contributed by atoms with Gasteiger partial charge in [-0.15, -0.1) is 0 Å². The van der Waals surface area contributed by atoms with Gasteiger partial charge in [0.05, 0.1) is 5.69 Å². The molecule has 9 nitrogen and oxygen atoms in total. The van der Waals surface area contributed by atoms with E-state index in [2.05, 4.69) is 10.3 Å². The van der Waals surface area contributed by atoms with Crippen molar-refractivity contribution < 1.29 is 19.1 Å². The number of ether oxygens (including phenoxy) is 2. The Kier molecular flexibility index (Phi) is 8.00. The number of hydrogen-bond donors (Lipinski definition) is 1. The number of piperidine rings is 1. The Bertz CT molecular complexity index is 1160. The summed E-state index contributed by atoms with van der Waals surface area (Å²) in [5.74, 6) is 0.0824. The maximum Gasteiger partial charge on any atom is 0.412 e. The summed E-state index contributed by atoms with van der Waals surface area (Å²) in [4.78, 5) is 38.3. The molecule has 1 atom stereocenters. The molecule has 0 bridgehead atoms. The number of anilines is 1. The molecule has 1 aromatic heterocycles. The van der Waals surface area contributed by atoms with Crippen molar-refractivity contribution in [3.05, 3.63) is 53.3 Å². The van der Waals surface area contributed by atoms with Crippen molar-refractivity contribution in [2.24, 2.45) is 4.99 Å². The van der Waals surface area contributed by atoms with Crippen molar-refractivity contribution in [2.75, 3.05) is 25.5 Å². The molecule has 37 heavy (non-hydrogen) atoms. The smallest absolute Gasteiger partial charge is 0.412 e. The number of aromatic nitrogens is 1. The second-order valence-electron chi connectivity index (χ2n) is 10.6. The van der Waals surface area contributed by atoms with Crippen LogP contribution in [0, 0.1) is 6.92 Å². The van der Waals surface area contributed by atoms with Crippen LogP contribution in [0.5, 0.6) is 0 Å². The Morgan fingerprint density at radius 3 is 2.68 bits per heavy atom. The topological polar surface area (TPSA) is 96.4 Å². The number of amidine groups is 1. The zero-order valence-electron chi connectivity index (χ0n) is 22.4. The van der Waals surface area contributed by atoms with Crippen LogP contribution in [0.4, 0.5) is 16.2 Å². The SMILES string of the molecule is Cc1c(NC(=O)OC(C)(C)C)ccc2c1COC(N1CCCC[C@H]1C(=O)N(C)CCc1ccncc1)=N2. The number of carbonyl (C=O) groups excluding carboxylic acids is 2. The van der Waals surface area contributed by atoms with Crippen molar-refractivity contribution in [1.29, 1.82) is 0 Å². The molecule has 3 heterocycles. The summed E-state index contributed by atoms with van der Waals surface area (Å²) in [6.07, 6.45) is 6.57. The summed E-state index contributed by atoms with van der Waals surface area (Å²) in [6, 6.07) is 7.84. The van der Waals surface area contributed by atoms with Gasteiger partial charge in [0.15, 0.2) is 0 Å². The number of nitrogens with one attached hydrogen (secondary N) is 1. The van der Waals surface area contributed by atoms with Crippen LogP contribution in [0.2, 0.25) is 0 Å². The van der Waals surface area contributed by atoms with Crippen LogP contribution >= 0.6 is 0 Å². The van der Waals surface area contributed by atoms with Gasteiger partial charge < -0.3 is 19.3 Å². The zero-order valence-corrected chi connectivity index (χ0v) is 22.4. The molecule has 0 unspecified atom stereocenters. The van der Waals surface area contributed by atoms with E-state index in [0.717, 1.165) is 54.6 Å². The first-order valence-electron chi connectivity index (χ1n) is 12.9.